The molecule has 7 heteroatoms. The van der Waals surface area contributed by atoms with E-state index >= 15 is 0 Å². The highest BCUT2D eigenvalue weighted by Gasteiger charge is 2.21. The second-order valence-corrected chi connectivity index (χ2v) is 6.74. The number of hydrogen-bond acceptors (Lipinski definition) is 3. The Morgan fingerprint density at radius 3 is 2.96 bits per heavy atom. The Morgan fingerprint density at radius 2 is 2.23 bits per heavy atom. The molecule has 1 saturated carbocycles. The number of hydrogen-bond donors (Lipinski definition) is 3. The van der Waals surface area contributed by atoms with Gasteiger partial charge in [-0.3, -0.25) is 10.1 Å². The van der Waals surface area contributed by atoms with Crippen molar-refractivity contribution in [2.45, 2.75) is 51.6 Å². The molecule has 0 aliphatic heterocycles. The fourth-order valence-corrected chi connectivity index (χ4v) is 3.54. The molecule has 3 rings (SSSR count). The summed E-state index contributed by atoms with van der Waals surface area (Å²) in [6.45, 7) is 3.02. The molecule has 2 aromatic rings. The van der Waals surface area contributed by atoms with Crippen LogP contribution in [0, 0.1) is 5.92 Å². The van der Waals surface area contributed by atoms with E-state index < -0.39 is 0 Å². The Labute approximate surface area is 172 Å². The van der Waals surface area contributed by atoms with Crippen LogP contribution in [0.5, 0.6) is 0 Å². The van der Waals surface area contributed by atoms with E-state index in [4.69, 9.17) is 0 Å². The second kappa shape index (κ2) is 10.5. The highest BCUT2D eigenvalue weighted by atomic mass is 127. The van der Waals surface area contributed by atoms with Gasteiger partial charge in [0.25, 0.3) is 0 Å². The van der Waals surface area contributed by atoms with Crippen LogP contribution in [0.15, 0.2) is 35.6 Å². The third-order valence-electron chi connectivity index (χ3n) is 5.00. The summed E-state index contributed by atoms with van der Waals surface area (Å²) < 4.78 is 0. The van der Waals surface area contributed by atoms with Crippen LogP contribution >= 0.6 is 24.0 Å². The van der Waals surface area contributed by atoms with Gasteiger partial charge >= 0.3 is 0 Å². The molecule has 1 aromatic heterocycles. The first-order valence-corrected chi connectivity index (χ1v) is 9.20. The third-order valence-corrected chi connectivity index (χ3v) is 5.00. The summed E-state index contributed by atoms with van der Waals surface area (Å²) in [5.41, 5.74) is 2.23. The summed E-state index contributed by atoms with van der Waals surface area (Å²) in [7, 11) is 1.83. The molecule has 2 atom stereocenters. The highest BCUT2D eigenvalue weighted by molar-refractivity contribution is 14.0. The highest BCUT2D eigenvalue weighted by Crippen LogP contribution is 2.26. The number of H-pyrrole nitrogens is 1. The monoisotopic (exact) mass is 468 g/mol. The van der Waals surface area contributed by atoms with Crippen LogP contribution in [-0.2, 0) is 6.54 Å². The molecular formula is C19H29IN6. The van der Waals surface area contributed by atoms with Crippen LogP contribution in [0.25, 0.3) is 11.4 Å². The van der Waals surface area contributed by atoms with E-state index in [2.05, 4.69) is 49.9 Å². The van der Waals surface area contributed by atoms with Crippen molar-refractivity contribution in [3.8, 4) is 11.4 Å². The molecule has 26 heavy (non-hydrogen) atoms. The van der Waals surface area contributed by atoms with Crippen LogP contribution in [0.3, 0.4) is 0 Å². The molecule has 0 amide bonds. The molecular weight excluding hydrogens is 439 g/mol. The van der Waals surface area contributed by atoms with Gasteiger partial charge in [-0.2, -0.15) is 5.10 Å². The summed E-state index contributed by atoms with van der Waals surface area (Å²) in [5, 5.41) is 13.8. The normalized spacial score (nSPS) is 20.3. The SMILES string of the molecule is CCC1CCCC(NC(=NC)NCc2cccc(-c3ncn[nH]3)c2)C1.I. The molecule has 0 saturated heterocycles. The number of guanidine groups is 1. The van der Waals surface area contributed by atoms with Gasteiger partial charge in [0.15, 0.2) is 11.8 Å². The minimum absolute atomic E-state index is 0. The van der Waals surface area contributed by atoms with Gasteiger partial charge in [-0.1, -0.05) is 44.4 Å². The van der Waals surface area contributed by atoms with Crippen LogP contribution in [0.4, 0.5) is 0 Å². The quantitative estimate of drug-likeness (QED) is 0.355. The average molecular weight is 468 g/mol. The van der Waals surface area contributed by atoms with E-state index in [1.807, 2.05) is 19.2 Å². The minimum atomic E-state index is 0. The van der Waals surface area contributed by atoms with Gasteiger partial charge in [0.2, 0.25) is 0 Å². The Hall–Kier alpha value is -1.64. The Balaban J connectivity index is 0.00000243. The van der Waals surface area contributed by atoms with Crippen molar-refractivity contribution in [1.29, 1.82) is 0 Å². The van der Waals surface area contributed by atoms with E-state index in [1.54, 1.807) is 0 Å². The molecule has 142 valence electrons. The second-order valence-electron chi connectivity index (χ2n) is 6.74. The van der Waals surface area contributed by atoms with Crippen LogP contribution in [-0.4, -0.2) is 34.2 Å². The van der Waals surface area contributed by atoms with Gasteiger partial charge in [-0.05, 0) is 30.4 Å². The maximum Gasteiger partial charge on any atom is 0.191 e. The molecule has 0 spiro atoms. The van der Waals surface area contributed by atoms with Crippen molar-refractivity contribution in [1.82, 2.24) is 25.8 Å². The number of aromatic nitrogens is 3. The van der Waals surface area contributed by atoms with Gasteiger partial charge in [-0.15, -0.1) is 24.0 Å². The summed E-state index contributed by atoms with van der Waals surface area (Å²) in [4.78, 5) is 8.59. The lowest BCUT2D eigenvalue weighted by atomic mass is 9.84. The van der Waals surface area contributed by atoms with Gasteiger partial charge in [0.1, 0.15) is 6.33 Å². The predicted molar refractivity (Wildman–Crippen MR) is 117 cm³/mol. The third kappa shape index (κ3) is 5.69. The van der Waals surface area contributed by atoms with Crippen LogP contribution in [0.2, 0.25) is 0 Å². The van der Waals surface area contributed by atoms with Gasteiger partial charge in [0, 0.05) is 25.2 Å². The van der Waals surface area contributed by atoms with Crippen LogP contribution in [0.1, 0.15) is 44.6 Å². The Kier molecular flexibility index (Phi) is 8.34. The van der Waals surface area contributed by atoms with Crippen molar-refractivity contribution in [3.05, 3.63) is 36.2 Å². The summed E-state index contributed by atoms with van der Waals surface area (Å²) >= 11 is 0. The number of nitrogens with one attached hydrogen (secondary N) is 3. The first-order valence-electron chi connectivity index (χ1n) is 9.20. The fourth-order valence-electron chi connectivity index (χ4n) is 3.54. The molecule has 3 N–H and O–H groups in total. The largest absolute Gasteiger partial charge is 0.354 e. The van der Waals surface area contributed by atoms with Crippen molar-refractivity contribution >= 4 is 29.9 Å². The van der Waals surface area contributed by atoms with Gasteiger partial charge < -0.3 is 10.6 Å². The molecule has 1 aliphatic rings. The summed E-state index contributed by atoms with van der Waals surface area (Å²) in [5.74, 6) is 2.52. The number of rotatable bonds is 5. The summed E-state index contributed by atoms with van der Waals surface area (Å²) in [6, 6.07) is 8.83. The van der Waals surface area contributed by atoms with Crippen molar-refractivity contribution in [2.24, 2.45) is 10.9 Å². The van der Waals surface area contributed by atoms with Crippen molar-refractivity contribution in [3.63, 3.8) is 0 Å². The molecule has 0 bridgehead atoms. The molecule has 6 nitrogen and oxygen atoms in total. The molecule has 2 unspecified atom stereocenters. The molecule has 0 radical (unpaired) electrons. The fraction of sp³-hybridized carbons (Fsp3) is 0.526. The topological polar surface area (TPSA) is 78.0 Å². The lowest BCUT2D eigenvalue weighted by molar-refractivity contribution is 0.298. The maximum absolute atomic E-state index is 4.39. The number of aromatic amines is 1. The number of aliphatic imine (C=N–C) groups is 1. The first-order chi connectivity index (χ1) is 12.3. The predicted octanol–water partition coefficient (Wildman–Crippen LogP) is 3.72. The average Bonchev–Trinajstić information content (AvgIpc) is 3.20. The molecule has 1 aliphatic carbocycles. The standard InChI is InChI=1S/C19H28N6.HI/c1-3-14-6-5-9-17(11-14)24-19(20-2)21-12-15-7-4-8-16(10-15)18-22-13-23-25-18;/h4,7-8,10,13-14,17H,3,5-6,9,11-12H2,1-2H3,(H2,20,21,24)(H,22,23,25);1H. The van der Waals surface area contributed by atoms with E-state index in [9.17, 15) is 0 Å². The summed E-state index contributed by atoms with van der Waals surface area (Å²) in [6.07, 6.45) is 7.97. The van der Waals surface area contributed by atoms with Crippen molar-refractivity contribution < 1.29 is 0 Å². The lowest BCUT2D eigenvalue weighted by Gasteiger charge is -2.30. The Morgan fingerprint density at radius 1 is 1.35 bits per heavy atom. The van der Waals surface area contributed by atoms with E-state index in [0.717, 1.165) is 29.8 Å². The van der Waals surface area contributed by atoms with Crippen molar-refractivity contribution in [2.75, 3.05) is 7.05 Å². The van der Waals surface area contributed by atoms with E-state index in [-0.39, 0.29) is 24.0 Å². The van der Waals surface area contributed by atoms with E-state index in [0.29, 0.717) is 6.04 Å². The van der Waals surface area contributed by atoms with Gasteiger partial charge in [-0.25, -0.2) is 4.98 Å². The van der Waals surface area contributed by atoms with E-state index in [1.165, 1.54) is 44.0 Å². The lowest BCUT2D eigenvalue weighted by Crippen LogP contribution is -2.45. The number of benzene rings is 1. The molecule has 1 aromatic carbocycles. The number of nitrogens with zero attached hydrogens (tertiary/aromatic N) is 3. The first kappa shape index (κ1) is 20.7. The zero-order chi connectivity index (χ0) is 17.5. The minimum Gasteiger partial charge on any atom is -0.354 e. The zero-order valence-electron chi connectivity index (χ0n) is 15.5. The maximum atomic E-state index is 4.39. The zero-order valence-corrected chi connectivity index (χ0v) is 17.9. The molecule has 1 fully saturated rings. The smallest absolute Gasteiger partial charge is 0.191 e. The van der Waals surface area contributed by atoms with Crippen LogP contribution < -0.4 is 10.6 Å². The number of halogens is 1. The molecule has 1 heterocycles. The van der Waals surface area contributed by atoms with Gasteiger partial charge in [0.05, 0.1) is 0 Å². The Bertz CT molecular complexity index is 685.